The first-order chi connectivity index (χ1) is 24.6. The van der Waals surface area contributed by atoms with Crippen LogP contribution in [0.15, 0.2) is 132 Å². The summed E-state index contributed by atoms with van der Waals surface area (Å²) in [5.74, 6) is -1.73. The Morgan fingerprint density at radius 2 is 1.47 bits per heavy atom. The number of methoxy groups -OCH3 is 2. The number of carbonyl (C=O) groups is 4. The van der Waals surface area contributed by atoms with Crippen LogP contribution in [0.25, 0.3) is 6.08 Å². The highest BCUT2D eigenvalue weighted by Crippen LogP contribution is 2.37. The quantitative estimate of drug-likeness (QED) is 0.0709. The van der Waals surface area contributed by atoms with Crippen molar-refractivity contribution in [2.75, 3.05) is 24.9 Å². The van der Waals surface area contributed by atoms with Crippen molar-refractivity contribution >= 4 is 64.5 Å². The molecule has 0 aliphatic heterocycles. The van der Waals surface area contributed by atoms with Crippen molar-refractivity contribution in [1.82, 2.24) is 5.32 Å². The van der Waals surface area contributed by atoms with Crippen LogP contribution in [0.5, 0.6) is 11.5 Å². The summed E-state index contributed by atoms with van der Waals surface area (Å²) in [7, 11) is 3.02. The van der Waals surface area contributed by atoms with Gasteiger partial charge in [0.25, 0.3) is 11.8 Å². The van der Waals surface area contributed by atoms with Crippen LogP contribution in [0.3, 0.4) is 0 Å². The molecule has 0 bridgehead atoms. The van der Waals surface area contributed by atoms with Crippen molar-refractivity contribution < 1.29 is 33.8 Å². The van der Waals surface area contributed by atoms with Crippen LogP contribution in [-0.4, -0.2) is 43.0 Å². The number of carbonyl (C=O) groups excluding carboxylic acids is 3. The van der Waals surface area contributed by atoms with E-state index in [0.29, 0.717) is 38.8 Å². The highest BCUT2D eigenvalue weighted by Gasteiger charge is 2.24. The average molecular weight is 722 g/mol. The maximum Gasteiger partial charge on any atom is 0.337 e. The van der Waals surface area contributed by atoms with Gasteiger partial charge < -0.3 is 30.5 Å². The van der Waals surface area contributed by atoms with Crippen molar-refractivity contribution in [3.63, 3.8) is 0 Å². The fourth-order valence-corrected chi connectivity index (χ4v) is 6.17. The number of halogens is 1. The zero-order valence-electron chi connectivity index (χ0n) is 27.4. The predicted octanol–water partition coefficient (Wildman–Crippen LogP) is 7.94. The van der Waals surface area contributed by atoms with Gasteiger partial charge in [-0.05, 0) is 72.3 Å². The first-order valence-corrected chi connectivity index (χ1v) is 16.7. The van der Waals surface area contributed by atoms with Crippen LogP contribution in [0.2, 0.25) is 5.02 Å². The minimum Gasteiger partial charge on any atom is -0.497 e. The van der Waals surface area contributed by atoms with Gasteiger partial charge in [-0.1, -0.05) is 66.2 Å². The molecule has 5 aromatic carbocycles. The Hall–Kier alpha value is -6.04. The monoisotopic (exact) mass is 721 g/mol. The second kappa shape index (κ2) is 17.1. The maximum absolute atomic E-state index is 13.8. The Morgan fingerprint density at radius 3 is 2.16 bits per heavy atom. The summed E-state index contributed by atoms with van der Waals surface area (Å²) in [6.45, 7) is 0. The minimum absolute atomic E-state index is 0.0457. The first-order valence-electron chi connectivity index (χ1n) is 15.4. The lowest BCUT2D eigenvalue weighted by Gasteiger charge is -2.18. The molecule has 0 aromatic heterocycles. The summed E-state index contributed by atoms with van der Waals surface area (Å²) in [5, 5.41) is 17.1. The van der Waals surface area contributed by atoms with Crippen LogP contribution in [0, 0.1) is 0 Å². The second-order valence-electron chi connectivity index (χ2n) is 10.9. The van der Waals surface area contributed by atoms with Crippen LogP contribution < -0.4 is 25.4 Å². The van der Waals surface area contributed by atoms with Gasteiger partial charge >= 0.3 is 5.97 Å². The summed E-state index contributed by atoms with van der Waals surface area (Å²) in [6, 6.07) is 33.8. The molecule has 5 aromatic rings. The molecular weight excluding hydrogens is 690 g/mol. The molecule has 258 valence electrons. The number of hydrogen-bond donors (Lipinski definition) is 4. The molecule has 0 fully saturated rings. The van der Waals surface area contributed by atoms with E-state index >= 15 is 0 Å². The van der Waals surface area contributed by atoms with Crippen LogP contribution in [0.4, 0.5) is 11.4 Å². The van der Waals surface area contributed by atoms with Crippen molar-refractivity contribution in [3.05, 3.63) is 154 Å². The lowest BCUT2D eigenvalue weighted by Crippen LogP contribution is -2.30. The molecule has 1 atom stereocenters. The van der Waals surface area contributed by atoms with Gasteiger partial charge in [0.1, 0.15) is 22.4 Å². The van der Waals surface area contributed by atoms with E-state index in [4.69, 9.17) is 21.1 Å². The molecule has 0 saturated heterocycles. The molecule has 51 heavy (non-hydrogen) atoms. The molecule has 4 N–H and O–H groups in total. The molecule has 0 aliphatic carbocycles. The van der Waals surface area contributed by atoms with Gasteiger partial charge in [-0.25, -0.2) is 4.79 Å². The van der Waals surface area contributed by atoms with Crippen LogP contribution >= 0.6 is 23.4 Å². The van der Waals surface area contributed by atoms with Gasteiger partial charge in [-0.3, -0.25) is 14.4 Å². The lowest BCUT2D eigenvalue weighted by molar-refractivity contribution is -0.116. The smallest absolute Gasteiger partial charge is 0.337 e. The molecule has 0 aliphatic rings. The van der Waals surface area contributed by atoms with Gasteiger partial charge in [0.05, 0.1) is 24.8 Å². The lowest BCUT2D eigenvalue weighted by atomic mass is 10.1. The predicted molar refractivity (Wildman–Crippen MR) is 199 cm³/mol. The molecule has 1 unspecified atom stereocenters. The fraction of sp³-hybridized carbons (Fsp3) is 0.0769. The molecular formula is C39H32ClN3O7S. The highest BCUT2D eigenvalue weighted by atomic mass is 35.5. The minimum atomic E-state index is -1.22. The first kappa shape index (κ1) is 36.2. The van der Waals surface area contributed by atoms with Crippen molar-refractivity contribution in [3.8, 4) is 11.5 Å². The summed E-state index contributed by atoms with van der Waals surface area (Å²) in [6.07, 6.45) is 1.51. The maximum atomic E-state index is 13.8. The topological polar surface area (TPSA) is 143 Å². The number of rotatable bonds is 13. The third-order valence-corrected chi connectivity index (χ3v) is 9.00. The Kier molecular flexibility index (Phi) is 12.1. The number of amides is 3. The molecule has 3 amide bonds. The summed E-state index contributed by atoms with van der Waals surface area (Å²) in [4.78, 5) is 52.9. The highest BCUT2D eigenvalue weighted by molar-refractivity contribution is 8.00. The molecule has 0 heterocycles. The third kappa shape index (κ3) is 9.56. The summed E-state index contributed by atoms with van der Waals surface area (Å²) < 4.78 is 10.8. The zero-order chi connectivity index (χ0) is 36.3. The van der Waals surface area contributed by atoms with E-state index in [1.807, 2.05) is 30.3 Å². The van der Waals surface area contributed by atoms with E-state index < -0.39 is 28.9 Å². The molecule has 5 rings (SSSR count). The zero-order valence-corrected chi connectivity index (χ0v) is 29.0. The van der Waals surface area contributed by atoms with E-state index in [1.54, 1.807) is 72.8 Å². The van der Waals surface area contributed by atoms with Crippen molar-refractivity contribution in [2.45, 2.75) is 10.1 Å². The number of ether oxygens (including phenoxy) is 2. The SMILES string of the molecule is COc1ccc(/C=C(/NC(=O)c2ccccc2)C(=O)Nc2cccc(SC(C(=O)Nc3ccc(Cl)c(C(=O)O)c3)c3ccccc3)c2)c(OC)c1. The number of hydrogen-bond acceptors (Lipinski definition) is 7. The van der Waals surface area contributed by atoms with E-state index in [0.717, 1.165) is 0 Å². The average Bonchev–Trinajstić information content (AvgIpc) is 3.15. The number of thioether (sulfide) groups is 1. The molecule has 0 radical (unpaired) electrons. The van der Waals surface area contributed by atoms with Gasteiger partial charge in [0.15, 0.2) is 0 Å². The Labute approximate surface area is 303 Å². The normalized spacial score (nSPS) is 11.5. The van der Waals surface area contributed by atoms with Gasteiger partial charge in [-0.2, -0.15) is 0 Å². The van der Waals surface area contributed by atoms with Gasteiger partial charge in [0, 0.05) is 33.5 Å². The fourth-order valence-electron chi connectivity index (χ4n) is 4.89. The van der Waals surface area contributed by atoms with Gasteiger partial charge in [0.2, 0.25) is 5.91 Å². The number of nitrogens with one attached hydrogen (secondary N) is 3. The molecule has 0 spiro atoms. The number of carboxylic acids is 1. The Bertz CT molecular complexity index is 2090. The molecule has 0 saturated carbocycles. The Morgan fingerprint density at radius 1 is 0.765 bits per heavy atom. The second-order valence-corrected chi connectivity index (χ2v) is 12.5. The standard InChI is InChI=1S/C39H32ClN3O7S/c1-49-29-18-16-26(34(23-29)50-2)20-33(43-36(44)25-12-7-4-8-13-25)37(45)41-27-14-9-15-30(21-27)51-35(24-10-5-3-6-11-24)38(46)42-28-17-19-32(40)31(22-28)39(47)48/h3-23,35H,1-2H3,(H,41,45)(H,42,46)(H,43,44)(H,47,48)/b33-20+. The summed E-state index contributed by atoms with van der Waals surface area (Å²) >= 11 is 7.25. The largest absolute Gasteiger partial charge is 0.497 e. The molecule has 12 heteroatoms. The summed E-state index contributed by atoms with van der Waals surface area (Å²) in [5.41, 5.74) is 2.07. The van der Waals surface area contributed by atoms with Crippen LogP contribution in [0.1, 0.15) is 37.1 Å². The van der Waals surface area contributed by atoms with Gasteiger partial charge in [-0.15, -0.1) is 11.8 Å². The number of anilines is 2. The van der Waals surface area contributed by atoms with E-state index in [9.17, 15) is 24.3 Å². The third-order valence-electron chi connectivity index (χ3n) is 7.42. The number of aromatic carboxylic acids is 1. The van der Waals surface area contributed by atoms with Crippen LogP contribution in [-0.2, 0) is 9.59 Å². The van der Waals surface area contributed by atoms with E-state index in [-0.39, 0.29) is 22.0 Å². The van der Waals surface area contributed by atoms with E-state index in [1.165, 1.54) is 50.3 Å². The Balaban J connectivity index is 1.41. The van der Waals surface area contributed by atoms with E-state index in [2.05, 4.69) is 16.0 Å². The molecule has 10 nitrogen and oxygen atoms in total. The number of carboxylic acid groups (broad SMARTS) is 1. The van der Waals surface area contributed by atoms with Crippen molar-refractivity contribution in [1.29, 1.82) is 0 Å². The number of benzene rings is 5. The van der Waals surface area contributed by atoms with Crippen molar-refractivity contribution in [2.24, 2.45) is 0 Å².